The van der Waals surface area contributed by atoms with E-state index in [9.17, 15) is 8.42 Å². The molecule has 1 rings (SSSR count). The number of benzene rings is 1. The zero-order chi connectivity index (χ0) is 16.0. The predicted molar refractivity (Wildman–Crippen MR) is 86.5 cm³/mol. The van der Waals surface area contributed by atoms with Gasteiger partial charge in [0.15, 0.2) is 0 Å². The molecule has 0 aliphatic heterocycles. The molecule has 1 aromatic carbocycles. The summed E-state index contributed by atoms with van der Waals surface area (Å²) in [5, 5.41) is 0. The minimum absolute atomic E-state index is 0.283. The van der Waals surface area contributed by atoms with Crippen LogP contribution in [0, 0.1) is 5.92 Å². The number of nitrogens with two attached hydrogens (primary N) is 1. The number of sulfonamides is 1. The van der Waals surface area contributed by atoms with Crippen LogP contribution in [0.3, 0.4) is 0 Å². The SMILES string of the molecule is CC(C)CN(CCN(C)C)S(=O)(=O)c1ccc(CN)cc1. The van der Waals surface area contributed by atoms with Crippen molar-refractivity contribution in [2.45, 2.75) is 25.3 Å². The van der Waals surface area contributed by atoms with Gasteiger partial charge in [-0.2, -0.15) is 4.31 Å². The molecule has 2 N–H and O–H groups in total. The van der Waals surface area contributed by atoms with E-state index in [1.807, 2.05) is 32.8 Å². The van der Waals surface area contributed by atoms with E-state index in [0.29, 0.717) is 31.1 Å². The number of hydrogen-bond acceptors (Lipinski definition) is 4. The summed E-state index contributed by atoms with van der Waals surface area (Å²) >= 11 is 0. The molecule has 0 spiro atoms. The molecular weight excluding hydrogens is 286 g/mol. The molecule has 1 aromatic rings. The van der Waals surface area contributed by atoms with E-state index in [1.165, 1.54) is 0 Å². The molecule has 0 aliphatic carbocycles. The molecule has 0 heterocycles. The summed E-state index contributed by atoms with van der Waals surface area (Å²) < 4.78 is 27.1. The maximum absolute atomic E-state index is 12.8. The minimum Gasteiger partial charge on any atom is -0.326 e. The van der Waals surface area contributed by atoms with Crippen LogP contribution in [0.15, 0.2) is 29.2 Å². The van der Waals surface area contributed by atoms with Gasteiger partial charge in [-0.05, 0) is 37.7 Å². The second kappa shape index (κ2) is 7.89. The van der Waals surface area contributed by atoms with Gasteiger partial charge in [-0.1, -0.05) is 26.0 Å². The fourth-order valence-corrected chi connectivity index (χ4v) is 3.57. The average Bonchev–Trinajstić information content (AvgIpc) is 2.42. The highest BCUT2D eigenvalue weighted by Crippen LogP contribution is 2.17. The molecule has 5 nitrogen and oxygen atoms in total. The van der Waals surface area contributed by atoms with Gasteiger partial charge in [0, 0.05) is 26.2 Å². The molecule has 6 heteroatoms. The van der Waals surface area contributed by atoms with Crippen molar-refractivity contribution in [1.82, 2.24) is 9.21 Å². The van der Waals surface area contributed by atoms with E-state index in [1.54, 1.807) is 28.6 Å². The molecule has 0 unspecified atom stereocenters. The van der Waals surface area contributed by atoms with Crippen molar-refractivity contribution in [3.8, 4) is 0 Å². The highest BCUT2D eigenvalue weighted by Gasteiger charge is 2.24. The summed E-state index contributed by atoms with van der Waals surface area (Å²) in [4.78, 5) is 2.32. The Hall–Kier alpha value is -0.950. The second-order valence-corrected chi connectivity index (χ2v) is 7.85. The highest BCUT2D eigenvalue weighted by atomic mass is 32.2. The third kappa shape index (κ3) is 5.39. The lowest BCUT2D eigenvalue weighted by Gasteiger charge is -2.25. The Kier molecular flexibility index (Phi) is 6.80. The van der Waals surface area contributed by atoms with Crippen molar-refractivity contribution in [1.29, 1.82) is 0 Å². The number of nitrogens with zero attached hydrogens (tertiary/aromatic N) is 2. The Bertz CT molecular complexity index is 524. The van der Waals surface area contributed by atoms with E-state index in [4.69, 9.17) is 5.73 Å². The molecule has 0 radical (unpaired) electrons. The molecule has 0 bridgehead atoms. The number of hydrogen-bond donors (Lipinski definition) is 1. The van der Waals surface area contributed by atoms with Crippen LogP contribution < -0.4 is 5.73 Å². The first-order chi connectivity index (χ1) is 9.77. The first-order valence-electron chi connectivity index (χ1n) is 7.21. The average molecular weight is 313 g/mol. The van der Waals surface area contributed by atoms with E-state index in [2.05, 4.69) is 0 Å². The lowest BCUT2D eigenvalue weighted by atomic mass is 10.2. The molecule has 0 aromatic heterocycles. The van der Waals surface area contributed by atoms with Gasteiger partial charge in [-0.15, -0.1) is 0 Å². The van der Waals surface area contributed by atoms with E-state index >= 15 is 0 Å². The molecule has 0 aliphatic rings. The Morgan fingerprint density at radius 1 is 1.10 bits per heavy atom. The zero-order valence-corrected chi connectivity index (χ0v) is 14.2. The van der Waals surface area contributed by atoms with Crippen LogP contribution in [-0.4, -0.2) is 51.4 Å². The van der Waals surface area contributed by atoms with Crippen LogP contribution in [0.25, 0.3) is 0 Å². The summed E-state index contributed by atoms with van der Waals surface area (Å²) in [5.41, 5.74) is 6.48. The third-order valence-electron chi connectivity index (χ3n) is 3.16. The Labute approximate surface area is 128 Å². The summed E-state index contributed by atoms with van der Waals surface area (Å²) in [5.74, 6) is 0.283. The maximum atomic E-state index is 12.8. The lowest BCUT2D eigenvalue weighted by Crippen LogP contribution is -2.38. The van der Waals surface area contributed by atoms with Crippen LogP contribution in [0.5, 0.6) is 0 Å². The molecule has 21 heavy (non-hydrogen) atoms. The van der Waals surface area contributed by atoms with Crippen molar-refractivity contribution in [2.24, 2.45) is 11.7 Å². The number of rotatable bonds is 8. The van der Waals surface area contributed by atoms with Crippen molar-refractivity contribution in [3.05, 3.63) is 29.8 Å². The smallest absolute Gasteiger partial charge is 0.243 e. The first-order valence-corrected chi connectivity index (χ1v) is 8.65. The molecule has 120 valence electrons. The fraction of sp³-hybridized carbons (Fsp3) is 0.600. The van der Waals surface area contributed by atoms with E-state index in [0.717, 1.165) is 5.56 Å². The van der Waals surface area contributed by atoms with Gasteiger partial charge in [-0.25, -0.2) is 8.42 Å². The Morgan fingerprint density at radius 2 is 1.67 bits per heavy atom. The maximum Gasteiger partial charge on any atom is 0.243 e. The zero-order valence-electron chi connectivity index (χ0n) is 13.4. The van der Waals surface area contributed by atoms with Gasteiger partial charge < -0.3 is 10.6 Å². The third-order valence-corrected chi connectivity index (χ3v) is 5.04. The van der Waals surface area contributed by atoms with Crippen LogP contribution in [0.1, 0.15) is 19.4 Å². The van der Waals surface area contributed by atoms with Crippen molar-refractivity contribution in [2.75, 3.05) is 33.7 Å². The summed E-state index contributed by atoms with van der Waals surface area (Å²) in [6.07, 6.45) is 0. The van der Waals surface area contributed by atoms with Crippen molar-refractivity contribution >= 4 is 10.0 Å². The van der Waals surface area contributed by atoms with Crippen molar-refractivity contribution in [3.63, 3.8) is 0 Å². The van der Waals surface area contributed by atoms with E-state index in [-0.39, 0.29) is 5.92 Å². The molecular formula is C15H27N3O2S. The largest absolute Gasteiger partial charge is 0.326 e. The first kappa shape index (κ1) is 18.1. The monoisotopic (exact) mass is 313 g/mol. The van der Waals surface area contributed by atoms with Gasteiger partial charge in [0.05, 0.1) is 4.90 Å². The van der Waals surface area contributed by atoms with Gasteiger partial charge in [0.25, 0.3) is 0 Å². The molecule has 0 fully saturated rings. The quantitative estimate of drug-likeness (QED) is 0.787. The minimum atomic E-state index is -3.45. The fourth-order valence-electron chi connectivity index (χ4n) is 1.97. The molecule has 0 saturated carbocycles. The number of likely N-dealkylation sites (N-methyl/N-ethyl adjacent to an activating group) is 1. The van der Waals surface area contributed by atoms with Crippen LogP contribution in [-0.2, 0) is 16.6 Å². The highest BCUT2D eigenvalue weighted by molar-refractivity contribution is 7.89. The summed E-state index contributed by atoms with van der Waals surface area (Å²) in [6.45, 7) is 6.18. The van der Waals surface area contributed by atoms with Crippen LogP contribution in [0.4, 0.5) is 0 Å². The van der Waals surface area contributed by atoms with E-state index < -0.39 is 10.0 Å². The van der Waals surface area contributed by atoms with Gasteiger partial charge in [-0.3, -0.25) is 0 Å². The molecule has 0 saturated heterocycles. The summed E-state index contributed by atoms with van der Waals surface area (Å²) in [7, 11) is 0.430. The Balaban J connectivity index is 3.00. The molecule has 0 atom stereocenters. The Morgan fingerprint density at radius 3 is 2.10 bits per heavy atom. The van der Waals surface area contributed by atoms with Crippen LogP contribution >= 0.6 is 0 Å². The topological polar surface area (TPSA) is 66.6 Å². The second-order valence-electron chi connectivity index (χ2n) is 5.91. The van der Waals surface area contributed by atoms with Crippen molar-refractivity contribution < 1.29 is 8.42 Å². The molecule has 0 amide bonds. The van der Waals surface area contributed by atoms with Gasteiger partial charge in [0.1, 0.15) is 0 Å². The standard InChI is InChI=1S/C15H27N3O2S/c1-13(2)12-18(10-9-17(3)4)21(19,20)15-7-5-14(11-16)6-8-15/h5-8,13H,9-12,16H2,1-4H3. The van der Waals surface area contributed by atoms with Crippen LogP contribution in [0.2, 0.25) is 0 Å². The van der Waals surface area contributed by atoms with Gasteiger partial charge >= 0.3 is 0 Å². The normalized spacial score (nSPS) is 12.6. The predicted octanol–water partition coefficient (Wildman–Crippen LogP) is 1.35. The summed E-state index contributed by atoms with van der Waals surface area (Å²) in [6, 6.07) is 6.82. The van der Waals surface area contributed by atoms with Gasteiger partial charge in [0.2, 0.25) is 10.0 Å². The lowest BCUT2D eigenvalue weighted by molar-refractivity contribution is 0.312.